The Labute approximate surface area is 172 Å². The second-order valence-corrected chi connectivity index (χ2v) is 8.45. The van der Waals surface area contributed by atoms with Gasteiger partial charge >= 0.3 is 0 Å². The van der Waals surface area contributed by atoms with Crippen LogP contribution >= 0.6 is 11.6 Å². The molecule has 0 amide bonds. The van der Waals surface area contributed by atoms with Crippen molar-refractivity contribution in [3.05, 3.63) is 89.3 Å². The highest BCUT2D eigenvalue weighted by Crippen LogP contribution is 2.27. The van der Waals surface area contributed by atoms with Gasteiger partial charge in [0, 0.05) is 18.3 Å². The largest absolute Gasteiger partial charge is 0.255 e. The van der Waals surface area contributed by atoms with E-state index in [0.717, 1.165) is 11.6 Å². The molecule has 146 valence electrons. The van der Waals surface area contributed by atoms with Crippen molar-refractivity contribution in [1.29, 1.82) is 0 Å². The summed E-state index contributed by atoms with van der Waals surface area (Å²) >= 11 is 6.18. The van der Waals surface area contributed by atoms with E-state index in [-0.39, 0.29) is 6.54 Å². The van der Waals surface area contributed by atoms with Gasteiger partial charge in [0.15, 0.2) is 0 Å². The van der Waals surface area contributed by atoms with E-state index in [1.54, 1.807) is 48.7 Å². The van der Waals surface area contributed by atoms with Crippen molar-refractivity contribution >= 4 is 32.7 Å². The van der Waals surface area contributed by atoms with E-state index in [2.05, 4.69) is 14.7 Å². The van der Waals surface area contributed by atoms with Gasteiger partial charge < -0.3 is 0 Å². The van der Waals surface area contributed by atoms with Crippen LogP contribution in [0.3, 0.4) is 0 Å². The van der Waals surface area contributed by atoms with E-state index in [1.165, 1.54) is 12.1 Å². The van der Waals surface area contributed by atoms with Gasteiger partial charge in [0.05, 0.1) is 16.2 Å². The minimum absolute atomic E-state index is 0.0579. The fourth-order valence-corrected chi connectivity index (χ4v) is 4.19. The molecule has 29 heavy (non-hydrogen) atoms. The zero-order valence-corrected chi connectivity index (χ0v) is 16.6. The summed E-state index contributed by atoms with van der Waals surface area (Å²) in [7, 11) is -4.06. The van der Waals surface area contributed by atoms with Gasteiger partial charge in [-0.05, 0) is 42.0 Å². The Kier molecular flexibility index (Phi) is 5.27. The molecule has 1 N–H and O–H groups in total. The van der Waals surface area contributed by atoms with Crippen LogP contribution in [0.15, 0.2) is 77.8 Å². The first kappa shape index (κ1) is 19.4. The molecule has 0 aliphatic carbocycles. The highest BCUT2D eigenvalue weighted by molar-refractivity contribution is 7.89. The topological polar surface area (TPSA) is 72.0 Å². The minimum Gasteiger partial charge on any atom is -0.255 e. The van der Waals surface area contributed by atoms with Gasteiger partial charge in [-0.2, -0.15) is 0 Å². The number of hydrogen-bond donors (Lipinski definition) is 1. The Bertz CT molecular complexity index is 1300. The molecular weight excluding hydrogens is 413 g/mol. The number of aromatic nitrogens is 2. The van der Waals surface area contributed by atoms with Crippen molar-refractivity contribution < 1.29 is 12.8 Å². The molecule has 0 saturated heterocycles. The van der Waals surface area contributed by atoms with Crippen molar-refractivity contribution in [2.45, 2.75) is 11.4 Å². The molecule has 0 atom stereocenters. The normalized spacial score (nSPS) is 11.7. The molecular formula is C21H15ClFN3O2S. The number of nitrogens with zero attached hydrogens (tertiary/aromatic N) is 2. The molecule has 8 heteroatoms. The summed E-state index contributed by atoms with van der Waals surface area (Å²) in [6.07, 6.45) is 1.58. The number of nitrogens with one attached hydrogen (secondary N) is 1. The van der Waals surface area contributed by atoms with E-state index in [0.29, 0.717) is 27.3 Å². The molecule has 2 aromatic heterocycles. The molecule has 0 aliphatic heterocycles. The Morgan fingerprint density at radius 3 is 2.59 bits per heavy atom. The summed E-state index contributed by atoms with van der Waals surface area (Å²) in [5, 5.41) is 0.427. The van der Waals surface area contributed by atoms with E-state index in [4.69, 9.17) is 11.6 Å². The maximum atomic E-state index is 14.4. The number of benzene rings is 2. The van der Waals surface area contributed by atoms with Gasteiger partial charge in [-0.1, -0.05) is 41.9 Å². The summed E-state index contributed by atoms with van der Waals surface area (Å²) in [6.45, 7) is 0.0579. The summed E-state index contributed by atoms with van der Waals surface area (Å²) in [4.78, 5) is 8.21. The van der Waals surface area contributed by atoms with Crippen molar-refractivity contribution in [1.82, 2.24) is 14.7 Å². The molecule has 0 fully saturated rings. The van der Waals surface area contributed by atoms with Crippen LogP contribution in [-0.4, -0.2) is 18.4 Å². The molecule has 4 rings (SSSR count). The second-order valence-electron chi connectivity index (χ2n) is 6.31. The monoisotopic (exact) mass is 427 g/mol. The third-order valence-corrected chi connectivity index (χ3v) is 6.08. The van der Waals surface area contributed by atoms with Gasteiger partial charge in [0.25, 0.3) is 0 Å². The van der Waals surface area contributed by atoms with Crippen LogP contribution < -0.4 is 4.72 Å². The first-order valence-electron chi connectivity index (χ1n) is 8.69. The van der Waals surface area contributed by atoms with Gasteiger partial charge in [-0.3, -0.25) is 4.98 Å². The molecule has 2 aromatic carbocycles. The Morgan fingerprint density at radius 1 is 1.00 bits per heavy atom. The molecule has 0 radical (unpaired) electrons. The molecule has 4 aromatic rings. The van der Waals surface area contributed by atoms with Crippen LogP contribution in [-0.2, 0) is 16.6 Å². The number of hydrogen-bond acceptors (Lipinski definition) is 4. The highest BCUT2D eigenvalue weighted by Gasteiger charge is 2.20. The SMILES string of the molecule is O=S(=O)(NCc1ccccc1)c1cc(-c2ccc3nccc(Cl)c3n2)ccc1F. The maximum absolute atomic E-state index is 14.4. The number of fused-ring (bicyclic) bond motifs is 1. The summed E-state index contributed by atoms with van der Waals surface area (Å²) < 4.78 is 42.1. The van der Waals surface area contributed by atoms with Gasteiger partial charge in [-0.15, -0.1) is 0 Å². The first-order valence-corrected chi connectivity index (χ1v) is 10.5. The average Bonchev–Trinajstić information content (AvgIpc) is 2.73. The van der Waals surface area contributed by atoms with Gasteiger partial charge in [0.1, 0.15) is 16.2 Å². The number of rotatable bonds is 5. The lowest BCUT2D eigenvalue weighted by atomic mass is 10.1. The zero-order chi connectivity index (χ0) is 20.4. The maximum Gasteiger partial charge on any atom is 0.243 e. The van der Waals surface area contributed by atoms with Crippen LogP contribution in [0.4, 0.5) is 4.39 Å². The number of halogens is 2. The van der Waals surface area contributed by atoms with Crippen molar-refractivity contribution in [3.63, 3.8) is 0 Å². The average molecular weight is 428 g/mol. The van der Waals surface area contributed by atoms with E-state index in [9.17, 15) is 12.8 Å². The molecule has 0 unspecified atom stereocenters. The van der Waals surface area contributed by atoms with E-state index in [1.807, 2.05) is 6.07 Å². The van der Waals surface area contributed by atoms with Crippen LogP contribution in [0.5, 0.6) is 0 Å². The van der Waals surface area contributed by atoms with Crippen molar-refractivity contribution in [2.24, 2.45) is 0 Å². The fraction of sp³-hybridized carbons (Fsp3) is 0.0476. The number of sulfonamides is 1. The number of pyridine rings is 2. The van der Waals surface area contributed by atoms with E-state index < -0.39 is 20.7 Å². The summed E-state index contributed by atoms with van der Waals surface area (Å²) in [6, 6.07) is 17.9. The van der Waals surface area contributed by atoms with E-state index >= 15 is 0 Å². The Balaban J connectivity index is 1.70. The summed E-state index contributed by atoms with van der Waals surface area (Å²) in [5.41, 5.74) is 2.79. The predicted octanol–water partition coefficient (Wildman–Crippen LogP) is 4.57. The highest BCUT2D eigenvalue weighted by atomic mass is 35.5. The smallest absolute Gasteiger partial charge is 0.243 e. The summed E-state index contributed by atoms with van der Waals surface area (Å²) in [5.74, 6) is -0.838. The third-order valence-electron chi connectivity index (χ3n) is 4.36. The van der Waals surface area contributed by atoms with Crippen LogP contribution in [0, 0.1) is 5.82 Å². The Morgan fingerprint density at radius 2 is 1.79 bits per heavy atom. The third kappa shape index (κ3) is 4.12. The molecule has 0 aliphatic rings. The van der Waals surface area contributed by atoms with Gasteiger partial charge in [0.2, 0.25) is 10.0 Å². The zero-order valence-electron chi connectivity index (χ0n) is 15.0. The molecule has 2 heterocycles. The minimum atomic E-state index is -4.06. The second kappa shape index (κ2) is 7.87. The molecule has 0 saturated carbocycles. The standard InChI is InChI=1S/C21H15ClFN3O2S/c22-16-10-11-24-19-9-8-18(26-21(16)19)15-6-7-17(23)20(12-15)29(27,28)25-13-14-4-2-1-3-5-14/h1-12,25H,13H2. The van der Waals surface area contributed by atoms with Crippen molar-refractivity contribution in [2.75, 3.05) is 0 Å². The van der Waals surface area contributed by atoms with Crippen LogP contribution in [0.2, 0.25) is 5.02 Å². The quantitative estimate of drug-likeness (QED) is 0.506. The first-order chi connectivity index (χ1) is 13.9. The van der Waals surface area contributed by atoms with Gasteiger partial charge in [-0.25, -0.2) is 22.5 Å². The molecule has 0 spiro atoms. The lowest BCUT2D eigenvalue weighted by molar-refractivity contribution is 0.557. The van der Waals surface area contributed by atoms with Crippen LogP contribution in [0.25, 0.3) is 22.3 Å². The predicted molar refractivity (Wildman–Crippen MR) is 110 cm³/mol. The lowest BCUT2D eigenvalue weighted by Gasteiger charge is -2.10. The van der Waals surface area contributed by atoms with Crippen LogP contribution in [0.1, 0.15) is 5.56 Å². The van der Waals surface area contributed by atoms with Crippen molar-refractivity contribution in [3.8, 4) is 11.3 Å². The Hall–Kier alpha value is -2.87. The molecule has 0 bridgehead atoms. The fourth-order valence-electron chi connectivity index (χ4n) is 2.88. The molecule has 5 nitrogen and oxygen atoms in total. The lowest BCUT2D eigenvalue weighted by Crippen LogP contribution is -2.24.